The largest absolute Gasteiger partial charge is 0.495 e. The van der Waals surface area contributed by atoms with Crippen LogP contribution in [-0.2, 0) is 0 Å². The molecule has 1 heterocycles. The molecule has 7 heteroatoms. The molecular weight excluding hydrogens is 352 g/mol. The number of ether oxygens (including phenoxy) is 1. The molecule has 1 amide bonds. The van der Waals surface area contributed by atoms with Gasteiger partial charge in [-0.15, -0.1) is 0 Å². The summed E-state index contributed by atoms with van der Waals surface area (Å²) in [5.41, 5.74) is 1.91. The van der Waals surface area contributed by atoms with E-state index in [0.29, 0.717) is 17.1 Å². The SMILES string of the molecule is COc1ccc(C)cc1Nc1cncc(C(=O)Nc2c(F)cccc2F)c1. The fourth-order valence-corrected chi connectivity index (χ4v) is 2.51. The molecule has 0 aliphatic carbocycles. The van der Waals surface area contributed by atoms with E-state index in [1.807, 2.05) is 25.1 Å². The molecule has 0 aliphatic rings. The summed E-state index contributed by atoms with van der Waals surface area (Å²) < 4.78 is 32.7. The number of aryl methyl sites for hydroxylation is 1. The number of methoxy groups -OCH3 is 1. The maximum atomic E-state index is 13.7. The second-order valence-electron chi connectivity index (χ2n) is 5.84. The van der Waals surface area contributed by atoms with Crippen molar-refractivity contribution in [2.45, 2.75) is 6.92 Å². The first-order chi connectivity index (χ1) is 13.0. The molecule has 0 unspecified atom stereocenters. The summed E-state index contributed by atoms with van der Waals surface area (Å²) in [6.07, 6.45) is 2.84. The summed E-state index contributed by atoms with van der Waals surface area (Å²) in [5.74, 6) is -1.75. The van der Waals surface area contributed by atoms with Gasteiger partial charge in [0.05, 0.1) is 30.2 Å². The Morgan fingerprint density at radius 2 is 1.81 bits per heavy atom. The maximum Gasteiger partial charge on any atom is 0.257 e. The van der Waals surface area contributed by atoms with E-state index in [2.05, 4.69) is 15.6 Å². The van der Waals surface area contributed by atoms with Crippen LogP contribution < -0.4 is 15.4 Å². The number of carbonyl (C=O) groups excluding carboxylic acids is 1. The van der Waals surface area contributed by atoms with E-state index in [0.717, 1.165) is 17.7 Å². The Labute approximate surface area is 155 Å². The number of pyridine rings is 1. The minimum absolute atomic E-state index is 0.147. The second-order valence-corrected chi connectivity index (χ2v) is 5.84. The first-order valence-corrected chi connectivity index (χ1v) is 8.10. The van der Waals surface area contributed by atoms with Crippen molar-refractivity contribution in [1.82, 2.24) is 4.98 Å². The predicted molar refractivity (Wildman–Crippen MR) is 99.6 cm³/mol. The molecule has 0 atom stereocenters. The summed E-state index contributed by atoms with van der Waals surface area (Å²) >= 11 is 0. The van der Waals surface area contributed by atoms with Gasteiger partial charge >= 0.3 is 0 Å². The average molecular weight is 369 g/mol. The van der Waals surface area contributed by atoms with E-state index in [1.165, 1.54) is 24.5 Å². The Morgan fingerprint density at radius 3 is 2.52 bits per heavy atom. The third kappa shape index (κ3) is 4.20. The fraction of sp³-hybridized carbons (Fsp3) is 0.100. The zero-order valence-electron chi connectivity index (χ0n) is 14.7. The van der Waals surface area contributed by atoms with E-state index >= 15 is 0 Å². The Hall–Kier alpha value is -3.48. The number of nitrogens with zero attached hydrogens (tertiary/aromatic N) is 1. The highest BCUT2D eigenvalue weighted by Gasteiger charge is 2.14. The molecule has 2 N–H and O–H groups in total. The van der Waals surface area contributed by atoms with Crippen molar-refractivity contribution in [2.75, 3.05) is 17.7 Å². The highest BCUT2D eigenvalue weighted by molar-refractivity contribution is 6.04. The number of hydrogen-bond acceptors (Lipinski definition) is 4. The van der Waals surface area contributed by atoms with Gasteiger partial charge in [-0.3, -0.25) is 9.78 Å². The lowest BCUT2D eigenvalue weighted by atomic mass is 10.2. The molecule has 0 bridgehead atoms. The van der Waals surface area contributed by atoms with Gasteiger partial charge in [-0.2, -0.15) is 0 Å². The topological polar surface area (TPSA) is 63.2 Å². The van der Waals surface area contributed by atoms with E-state index in [9.17, 15) is 13.6 Å². The van der Waals surface area contributed by atoms with Crippen LogP contribution in [0.1, 0.15) is 15.9 Å². The van der Waals surface area contributed by atoms with E-state index in [4.69, 9.17) is 4.74 Å². The molecule has 3 rings (SSSR count). The normalized spacial score (nSPS) is 10.4. The maximum absolute atomic E-state index is 13.7. The van der Waals surface area contributed by atoms with Crippen molar-refractivity contribution in [3.8, 4) is 5.75 Å². The first kappa shape index (κ1) is 18.3. The number of hydrogen-bond donors (Lipinski definition) is 2. The van der Waals surface area contributed by atoms with Crippen molar-refractivity contribution in [2.24, 2.45) is 0 Å². The van der Waals surface area contributed by atoms with Crippen molar-refractivity contribution in [1.29, 1.82) is 0 Å². The van der Waals surface area contributed by atoms with Gasteiger partial charge in [0.1, 0.15) is 23.1 Å². The summed E-state index contributed by atoms with van der Waals surface area (Å²) in [6.45, 7) is 1.94. The summed E-state index contributed by atoms with van der Waals surface area (Å²) in [5, 5.41) is 5.37. The van der Waals surface area contributed by atoms with Gasteiger partial charge in [-0.25, -0.2) is 8.78 Å². The summed E-state index contributed by atoms with van der Waals surface area (Å²) in [7, 11) is 1.56. The molecule has 5 nitrogen and oxygen atoms in total. The highest BCUT2D eigenvalue weighted by atomic mass is 19.1. The molecular formula is C20H17F2N3O2. The molecule has 0 saturated carbocycles. The number of para-hydroxylation sites is 1. The molecule has 0 fully saturated rings. The average Bonchev–Trinajstić information content (AvgIpc) is 2.65. The number of carbonyl (C=O) groups is 1. The Kier molecular flexibility index (Phi) is 5.30. The van der Waals surface area contributed by atoms with Crippen LogP contribution in [0.25, 0.3) is 0 Å². The Balaban J connectivity index is 1.83. The molecule has 0 saturated heterocycles. The van der Waals surface area contributed by atoms with Crippen molar-refractivity contribution in [3.63, 3.8) is 0 Å². The third-order valence-corrected chi connectivity index (χ3v) is 3.84. The number of amides is 1. The molecule has 0 aliphatic heterocycles. The second kappa shape index (κ2) is 7.82. The lowest BCUT2D eigenvalue weighted by molar-refractivity contribution is 0.102. The summed E-state index contributed by atoms with van der Waals surface area (Å²) in [6, 6.07) is 10.5. The lowest BCUT2D eigenvalue weighted by Crippen LogP contribution is -2.14. The molecule has 3 aromatic rings. The molecule has 138 valence electrons. The van der Waals surface area contributed by atoms with Crippen LogP contribution in [0.2, 0.25) is 0 Å². The summed E-state index contributed by atoms with van der Waals surface area (Å²) in [4.78, 5) is 16.4. The van der Waals surface area contributed by atoms with Gasteiger partial charge in [-0.1, -0.05) is 12.1 Å². The molecule has 27 heavy (non-hydrogen) atoms. The Bertz CT molecular complexity index is 972. The smallest absolute Gasteiger partial charge is 0.257 e. The quantitative estimate of drug-likeness (QED) is 0.686. The number of rotatable bonds is 5. The lowest BCUT2D eigenvalue weighted by Gasteiger charge is -2.13. The van der Waals surface area contributed by atoms with Gasteiger partial charge < -0.3 is 15.4 Å². The number of benzene rings is 2. The van der Waals surface area contributed by atoms with Gasteiger partial charge in [-0.05, 0) is 42.8 Å². The van der Waals surface area contributed by atoms with Crippen molar-refractivity contribution in [3.05, 3.63) is 77.6 Å². The molecule has 0 spiro atoms. The monoisotopic (exact) mass is 369 g/mol. The van der Waals surface area contributed by atoms with Gasteiger partial charge in [0, 0.05) is 6.20 Å². The third-order valence-electron chi connectivity index (χ3n) is 3.84. The van der Waals surface area contributed by atoms with E-state index in [-0.39, 0.29) is 5.56 Å². The minimum Gasteiger partial charge on any atom is -0.495 e. The van der Waals surface area contributed by atoms with Crippen LogP contribution in [0.3, 0.4) is 0 Å². The van der Waals surface area contributed by atoms with Crippen LogP contribution in [0.4, 0.5) is 25.8 Å². The number of aromatic nitrogens is 1. The number of anilines is 3. The van der Waals surface area contributed by atoms with Crippen LogP contribution >= 0.6 is 0 Å². The first-order valence-electron chi connectivity index (χ1n) is 8.10. The van der Waals surface area contributed by atoms with Gasteiger partial charge in [0.15, 0.2) is 0 Å². The molecule has 1 aromatic heterocycles. The van der Waals surface area contributed by atoms with Crippen LogP contribution in [-0.4, -0.2) is 18.0 Å². The van der Waals surface area contributed by atoms with Crippen LogP contribution in [0, 0.1) is 18.6 Å². The van der Waals surface area contributed by atoms with Crippen molar-refractivity contribution < 1.29 is 18.3 Å². The number of halogens is 2. The van der Waals surface area contributed by atoms with E-state index < -0.39 is 23.2 Å². The zero-order chi connectivity index (χ0) is 19.4. The van der Waals surface area contributed by atoms with Crippen molar-refractivity contribution >= 4 is 23.0 Å². The Morgan fingerprint density at radius 1 is 1.07 bits per heavy atom. The number of nitrogens with one attached hydrogen (secondary N) is 2. The predicted octanol–water partition coefficient (Wildman–Crippen LogP) is 4.67. The molecule has 0 radical (unpaired) electrons. The minimum atomic E-state index is -0.852. The van der Waals surface area contributed by atoms with Crippen LogP contribution in [0.5, 0.6) is 5.75 Å². The fourth-order valence-electron chi connectivity index (χ4n) is 2.51. The zero-order valence-corrected chi connectivity index (χ0v) is 14.7. The van der Waals surface area contributed by atoms with Gasteiger partial charge in [0.25, 0.3) is 5.91 Å². The molecule has 2 aromatic carbocycles. The van der Waals surface area contributed by atoms with Gasteiger partial charge in [0.2, 0.25) is 0 Å². The van der Waals surface area contributed by atoms with Crippen LogP contribution in [0.15, 0.2) is 54.9 Å². The van der Waals surface area contributed by atoms with E-state index in [1.54, 1.807) is 7.11 Å². The highest BCUT2D eigenvalue weighted by Crippen LogP contribution is 2.28. The standard InChI is InChI=1S/C20H17F2N3O2/c1-12-6-7-18(27-2)17(8-12)24-14-9-13(10-23-11-14)20(26)25-19-15(21)4-3-5-16(19)22/h3-11,24H,1-2H3,(H,25,26).